The Bertz CT molecular complexity index is 248. The average Bonchev–Trinajstić information content (AvgIpc) is 1.97. The van der Waals surface area contributed by atoms with Crippen molar-refractivity contribution in [3.63, 3.8) is 0 Å². The van der Waals surface area contributed by atoms with Gasteiger partial charge in [-0.2, -0.15) is 8.78 Å². The van der Waals surface area contributed by atoms with Crippen molar-refractivity contribution in [2.75, 3.05) is 6.61 Å². The van der Waals surface area contributed by atoms with Crippen LogP contribution in [0.15, 0.2) is 12.2 Å². The van der Waals surface area contributed by atoms with Crippen LogP contribution in [0.4, 0.5) is 13.2 Å². The average molecular weight is 251 g/mol. The van der Waals surface area contributed by atoms with Crippen molar-refractivity contribution < 1.29 is 22.7 Å². The maximum atomic E-state index is 12.8. The lowest BCUT2D eigenvalue weighted by atomic mass is 10.3. The first-order valence-electron chi connectivity index (χ1n) is 3.35. The SMILES string of the molecule is C=C(C)C(=O)OCC(F)(Cl)C(F)(F)Cl. The van der Waals surface area contributed by atoms with Crippen LogP contribution in [0.2, 0.25) is 0 Å². The number of ether oxygens (including phenoxy) is 1. The maximum Gasteiger partial charge on any atom is 0.372 e. The molecular formula is C7H7Cl2F3O2. The summed E-state index contributed by atoms with van der Waals surface area (Å²) in [6.07, 6.45) is 0. The number of hydrogen-bond acceptors (Lipinski definition) is 2. The molecule has 7 heteroatoms. The molecule has 0 saturated heterocycles. The first-order valence-corrected chi connectivity index (χ1v) is 4.10. The summed E-state index contributed by atoms with van der Waals surface area (Å²) in [5, 5.41) is -7.94. The quantitative estimate of drug-likeness (QED) is 0.436. The Morgan fingerprint density at radius 3 is 2.14 bits per heavy atom. The van der Waals surface area contributed by atoms with Gasteiger partial charge in [-0.1, -0.05) is 18.2 Å². The molecule has 0 spiro atoms. The summed E-state index contributed by atoms with van der Waals surface area (Å²) in [5.74, 6) is -1.02. The van der Waals surface area contributed by atoms with E-state index in [0.717, 1.165) is 0 Å². The van der Waals surface area contributed by atoms with Gasteiger partial charge in [0.1, 0.15) is 6.61 Å². The highest BCUT2D eigenvalue weighted by Crippen LogP contribution is 2.39. The van der Waals surface area contributed by atoms with Crippen LogP contribution < -0.4 is 0 Å². The van der Waals surface area contributed by atoms with E-state index in [9.17, 15) is 18.0 Å². The molecule has 0 aromatic rings. The van der Waals surface area contributed by atoms with Crippen molar-refractivity contribution in [3.8, 4) is 0 Å². The van der Waals surface area contributed by atoms with E-state index in [4.69, 9.17) is 11.6 Å². The van der Waals surface area contributed by atoms with Gasteiger partial charge in [0.2, 0.25) is 0 Å². The number of rotatable bonds is 4. The summed E-state index contributed by atoms with van der Waals surface area (Å²) in [5.41, 5.74) is -0.0599. The molecule has 0 aromatic carbocycles. The van der Waals surface area contributed by atoms with E-state index in [1.54, 1.807) is 0 Å². The normalized spacial score (nSPS) is 15.9. The van der Waals surface area contributed by atoms with Gasteiger partial charge in [-0.05, 0) is 18.5 Å². The standard InChI is InChI=1S/C7H7Cl2F3O2/c1-4(2)5(13)14-3-6(8,10)7(9,11)12/h1,3H2,2H3. The molecule has 0 aliphatic carbocycles. The van der Waals surface area contributed by atoms with Crippen molar-refractivity contribution in [2.45, 2.75) is 17.4 Å². The third-order valence-electron chi connectivity index (χ3n) is 1.15. The summed E-state index contributed by atoms with van der Waals surface area (Å²) in [6.45, 7) is 3.08. The molecule has 1 atom stereocenters. The van der Waals surface area contributed by atoms with Crippen molar-refractivity contribution >= 4 is 29.2 Å². The molecule has 0 aliphatic heterocycles. The summed E-state index contributed by atoms with van der Waals surface area (Å²) in [6, 6.07) is 0. The van der Waals surface area contributed by atoms with E-state index in [0.29, 0.717) is 0 Å². The second-order valence-corrected chi connectivity index (χ2v) is 3.63. The summed E-state index contributed by atoms with van der Waals surface area (Å²) < 4.78 is 41.3. The summed E-state index contributed by atoms with van der Waals surface area (Å²) in [4.78, 5) is 10.7. The van der Waals surface area contributed by atoms with Gasteiger partial charge < -0.3 is 4.74 Å². The first kappa shape index (κ1) is 13.6. The smallest absolute Gasteiger partial charge is 0.372 e. The minimum absolute atomic E-state index is 0.0599. The highest BCUT2D eigenvalue weighted by molar-refractivity contribution is 6.32. The highest BCUT2D eigenvalue weighted by atomic mass is 35.5. The lowest BCUT2D eigenvalue weighted by Crippen LogP contribution is -2.39. The van der Waals surface area contributed by atoms with Crippen LogP contribution in [0, 0.1) is 0 Å². The third-order valence-corrected chi connectivity index (χ3v) is 1.89. The molecule has 0 rings (SSSR count). The molecule has 14 heavy (non-hydrogen) atoms. The number of halogens is 5. The van der Waals surface area contributed by atoms with Crippen LogP contribution in [0.3, 0.4) is 0 Å². The topological polar surface area (TPSA) is 26.3 Å². The van der Waals surface area contributed by atoms with E-state index < -0.39 is 23.1 Å². The minimum atomic E-state index is -4.32. The van der Waals surface area contributed by atoms with Crippen LogP contribution in [0.1, 0.15) is 6.92 Å². The molecule has 1 unspecified atom stereocenters. The Labute approximate surface area is 88.6 Å². The molecule has 0 amide bonds. The van der Waals surface area contributed by atoms with Crippen molar-refractivity contribution in [1.29, 1.82) is 0 Å². The predicted octanol–water partition coefficient (Wildman–Crippen LogP) is 2.84. The van der Waals surface area contributed by atoms with Crippen LogP contribution in [0.25, 0.3) is 0 Å². The molecule has 0 radical (unpaired) electrons. The van der Waals surface area contributed by atoms with Crippen molar-refractivity contribution in [3.05, 3.63) is 12.2 Å². The van der Waals surface area contributed by atoms with Gasteiger partial charge in [-0.25, -0.2) is 9.18 Å². The molecule has 0 aromatic heterocycles. The predicted molar refractivity (Wildman–Crippen MR) is 46.3 cm³/mol. The summed E-state index contributed by atoms with van der Waals surface area (Å²) in [7, 11) is 0. The zero-order valence-corrected chi connectivity index (χ0v) is 8.63. The molecule has 0 aliphatic rings. The van der Waals surface area contributed by atoms with Gasteiger partial charge in [0.25, 0.3) is 5.13 Å². The molecule has 0 N–H and O–H groups in total. The van der Waals surface area contributed by atoms with E-state index in [2.05, 4.69) is 22.9 Å². The zero-order valence-electron chi connectivity index (χ0n) is 7.12. The second kappa shape index (κ2) is 4.40. The fourth-order valence-electron chi connectivity index (χ4n) is 0.361. The molecule has 0 fully saturated rings. The molecule has 0 heterocycles. The Morgan fingerprint density at radius 1 is 1.43 bits per heavy atom. The largest absolute Gasteiger partial charge is 0.457 e. The number of hydrogen-bond donors (Lipinski definition) is 0. The number of carbonyl (C=O) groups excluding carboxylic acids is 1. The maximum absolute atomic E-state index is 12.8. The van der Waals surface area contributed by atoms with Gasteiger partial charge in [0, 0.05) is 5.57 Å². The molecule has 0 bridgehead atoms. The fourth-order valence-corrected chi connectivity index (χ4v) is 0.470. The monoisotopic (exact) mass is 250 g/mol. The number of alkyl halides is 5. The van der Waals surface area contributed by atoms with E-state index in [1.165, 1.54) is 6.92 Å². The Balaban J connectivity index is 4.27. The van der Waals surface area contributed by atoms with Gasteiger partial charge in [-0.15, -0.1) is 0 Å². The van der Waals surface area contributed by atoms with Crippen LogP contribution in [-0.2, 0) is 9.53 Å². The number of esters is 1. The highest BCUT2D eigenvalue weighted by Gasteiger charge is 2.53. The molecule has 2 nitrogen and oxygen atoms in total. The van der Waals surface area contributed by atoms with Crippen LogP contribution in [0.5, 0.6) is 0 Å². The lowest BCUT2D eigenvalue weighted by molar-refractivity contribution is -0.145. The molecule has 82 valence electrons. The van der Waals surface area contributed by atoms with Crippen LogP contribution in [-0.4, -0.2) is 23.1 Å². The Hall–Kier alpha value is -0.420. The summed E-state index contributed by atoms with van der Waals surface area (Å²) >= 11 is 9.04. The molecule has 0 saturated carbocycles. The van der Waals surface area contributed by atoms with Gasteiger partial charge in [0.05, 0.1) is 0 Å². The third kappa shape index (κ3) is 3.75. The Kier molecular flexibility index (Phi) is 4.27. The van der Waals surface area contributed by atoms with E-state index >= 15 is 0 Å². The lowest BCUT2D eigenvalue weighted by Gasteiger charge is -2.21. The number of carbonyl (C=O) groups is 1. The first-order chi connectivity index (χ1) is 6.08. The zero-order chi connectivity index (χ0) is 11.6. The van der Waals surface area contributed by atoms with Gasteiger partial charge >= 0.3 is 11.4 Å². The minimum Gasteiger partial charge on any atom is -0.457 e. The van der Waals surface area contributed by atoms with E-state index in [-0.39, 0.29) is 5.57 Å². The van der Waals surface area contributed by atoms with Crippen LogP contribution >= 0.6 is 23.2 Å². The fraction of sp³-hybridized carbons (Fsp3) is 0.571. The van der Waals surface area contributed by atoms with Gasteiger partial charge in [0.15, 0.2) is 0 Å². The second-order valence-electron chi connectivity index (χ2n) is 2.56. The van der Waals surface area contributed by atoms with Crippen molar-refractivity contribution in [1.82, 2.24) is 0 Å². The molecular weight excluding hydrogens is 244 g/mol. The Morgan fingerprint density at radius 2 is 1.86 bits per heavy atom. The van der Waals surface area contributed by atoms with Crippen molar-refractivity contribution in [2.24, 2.45) is 0 Å². The van der Waals surface area contributed by atoms with Gasteiger partial charge in [-0.3, -0.25) is 0 Å². The van der Waals surface area contributed by atoms with E-state index in [1.807, 2.05) is 0 Å².